The first-order valence-electron chi connectivity index (χ1n) is 9.83. The molecule has 26 heavy (non-hydrogen) atoms. The number of ether oxygens (including phenoxy) is 2. The Bertz CT molecular complexity index is 707. The lowest BCUT2D eigenvalue weighted by molar-refractivity contribution is -0.221. The molecule has 0 aromatic carbocycles. The van der Waals surface area contributed by atoms with Crippen LogP contribution in [0.1, 0.15) is 66.7 Å². The van der Waals surface area contributed by atoms with Crippen LogP contribution in [0.5, 0.6) is 0 Å². The Kier molecular flexibility index (Phi) is 3.70. The summed E-state index contributed by atoms with van der Waals surface area (Å²) >= 11 is 0. The molecule has 0 aromatic rings. The SMILES string of the molecule is C[C@@H]1CC(=O)C2=C(O1)O[C@]1(C)CC[C@H]3C(C)(C)[C@H](O)CC(=O)[C@]3(C)[C@H]1C2. The molecule has 2 aliphatic carbocycles. The number of Topliss-reactive ketones (excluding diaryl/α,β-unsaturated/α-hetero) is 2. The molecule has 4 rings (SSSR count). The molecule has 144 valence electrons. The second-order valence-corrected chi connectivity index (χ2v) is 9.83. The van der Waals surface area contributed by atoms with Gasteiger partial charge in [0.25, 0.3) is 5.95 Å². The van der Waals surface area contributed by atoms with E-state index in [4.69, 9.17) is 9.47 Å². The highest BCUT2D eigenvalue weighted by molar-refractivity contribution is 5.97. The Labute approximate surface area is 155 Å². The number of carbonyl (C=O) groups is 2. The number of aliphatic hydroxyl groups excluding tert-OH is 1. The monoisotopic (exact) mass is 362 g/mol. The third-order valence-corrected chi connectivity index (χ3v) is 7.95. The Hall–Kier alpha value is -1.36. The summed E-state index contributed by atoms with van der Waals surface area (Å²) in [6.07, 6.45) is 1.91. The minimum Gasteiger partial charge on any atom is -0.462 e. The Morgan fingerprint density at radius 3 is 2.42 bits per heavy atom. The number of fused-ring (bicyclic) bond motifs is 3. The van der Waals surface area contributed by atoms with E-state index < -0.39 is 17.1 Å². The van der Waals surface area contributed by atoms with E-state index in [1.54, 1.807) is 0 Å². The molecule has 2 saturated carbocycles. The van der Waals surface area contributed by atoms with Crippen molar-refractivity contribution in [3.63, 3.8) is 0 Å². The first kappa shape index (κ1) is 18.0. The molecule has 1 N–H and O–H groups in total. The molecule has 5 nitrogen and oxygen atoms in total. The fraction of sp³-hybridized carbons (Fsp3) is 0.810. The number of rotatable bonds is 0. The number of hydrogen-bond acceptors (Lipinski definition) is 5. The van der Waals surface area contributed by atoms with Gasteiger partial charge in [-0.15, -0.1) is 0 Å². The first-order chi connectivity index (χ1) is 12.0. The van der Waals surface area contributed by atoms with Crippen molar-refractivity contribution in [3.8, 4) is 0 Å². The summed E-state index contributed by atoms with van der Waals surface area (Å²) < 4.78 is 12.1. The van der Waals surface area contributed by atoms with Crippen LogP contribution in [-0.2, 0) is 19.1 Å². The average Bonchev–Trinajstić information content (AvgIpc) is 2.51. The predicted octanol–water partition coefficient (Wildman–Crippen LogP) is 3.15. The van der Waals surface area contributed by atoms with Crippen molar-refractivity contribution >= 4 is 11.6 Å². The lowest BCUT2D eigenvalue weighted by Gasteiger charge is -2.63. The molecule has 0 bridgehead atoms. The number of carbonyl (C=O) groups excluding carboxylic acids is 2. The van der Waals surface area contributed by atoms with Gasteiger partial charge >= 0.3 is 0 Å². The van der Waals surface area contributed by atoms with Crippen LogP contribution in [0, 0.1) is 22.7 Å². The summed E-state index contributed by atoms with van der Waals surface area (Å²) in [6, 6.07) is 0. The van der Waals surface area contributed by atoms with E-state index in [9.17, 15) is 14.7 Å². The van der Waals surface area contributed by atoms with Crippen molar-refractivity contribution in [2.45, 2.75) is 84.5 Å². The van der Waals surface area contributed by atoms with E-state index in [-0.39, 0.29) is 41.3 Å². The maximum absolute atomic E-state index is 13.2. The Morgan fingerprint density at radius 1 is 1.04 bits per heavy atom. The highest BCUT2D eigenvalue weighted by Crippen LogP contribution is 2.64. The molecular formula is C21H30O5. The Balaban J connectivity index is 1.79. The van der Waals surface area contributed by atoms with Crippen LogP contribution in [-0.4, -0.2) is 34.5 Å². The summed E-state index contributed by atoms with van der Waals surface area (Å²) in [5, 5.41) is 10.5. The molecule has 2 heterocycles. The van der Waals surface area contributed by atoms with Crippen LogP contribution >= 0.6 is 0 Å². The van der Waals surface area contributed by atoms with Crippen molar-refractivity contribution in [1.29, 1.82) is 0 Å². The third-order valence-electron chi connectivity index (χ3n) is 7.95. The number of allylic oxidation sites excluding steroid dienone is 1. The predicted molar refractivity (Wildman–Crippen MR) is 95.0 cm³/mol. The van der Waals surface area contributed by atoms with Crippen LogP contribution < -0.4 is 0 Å². The van der Waals surface area contributed by atoms with Crippen LogP contribution in [0.15, 0.2) is 11.5 Å². The molecule has 2 fully saturated rings. The zero-order chi connectivity index (χ0) is 19.1. The summed E-state index contributed by atoms with van der Waals surface area (Å²) in [6.45, 7) is 10.1. The van der Waals surface area contributed by atoms with Crippen LogP contribution in [0.3, 0.4) is 0 Å². The topological polar surface area (TPSA) is 72.8 Å². The van der Waals surface area contributed by atoms with Gasteiger partial charge in [0.05, 0.1) is 11.7 Å². The molecular weight excluding hydrogens is 332 g/mol. The number of aliphatic hydroxyl groups is 1. The Morgan fingerprint density at radius 2 is 1.73 bits per heavy atom. The van der Waals surface area contributed by atoms with Gasteiger partial charge in [-0.2, -0.15) is 0 Å². The number of hydrogen-bond donors (Lipinski definition) is 1. The van der Waals surface area contributed by atoms with E-state index in [1.807, 2.05) is 13.8 Å². The standard InChI is InChI=1S/C21H30O5/c1-11-8-13(22)12-9-15-20(4,26-18(12)25-11)7-6-14-19(2,3)16(23)10-17(24)21(14,15)5/h11,14-16,23H,6-10H2,1-5H3/t11-,14+,15+,16-,20-,21+/m1/s1. The van der Waals surface area contributed by atoms with Gasteiger partial charge in [-0.25, -0.2) is 0 Å². The molecule has 0 saturated heterocycles. The quantitative estimate of drug-likeness (QED) is 0.717. The van der Waals surface area contributed by atoms with Crippen molar-refractivity contribution < 1.29 is 24.2 Å². The highest BCUT2D eigenvalue weighted by atomic mass is 16.7. The van der Waals surface area contributed by atoms with E-state index in [0.717, 1.165) is 12.8 Å². The molecule has 5 heteroatoms. The van der Waals surface area contributed by atoms with Crippen molar-refractivity contribution in [3.05, 3.63) is 11.5 Å². The maximum Gasteiger partial charge on any atom is 0.286 e. The summed E-state index contributed by atoms with van der Waals surface area (Å²) in [5.41, 5.74) is -0.836. The van der Waals surface area contributed by atoms with E-state index in [2.05, 4.69) is 20.8 Å². The van der Waals surface area contributed by atoms with E-state index in [0.29, 0.717) is 24.4 Å². The zero-order valence-corrected chi connectivity index (χ0v) is 16.4. The molecule has 0 aromatic heterocycles. The first-order valence-corrected chi connectivity index (χ1v) is 9.83. The smallest absolute Gasteiger partial charge is 0.286 e. The third kappa shape index (κ3) is 2.19. The second kappa shape index (κ2) is 5.34. The molecule has 2 aliphatic heterocycles. The lowest BCUT2D eigenvalue weighted by atomic mass is 9.43. The molecule has 0 spiro atoms. The largest absolute Gasteiger partial charge is 0.462 e. The van der Waals surface area contributed by atoms with Gasteiger partial charge < -0.3 is 14.6 Å². The average molecular weight is 362 g/mol. The zero-order valence-electron chi connectivity index (χ0n) is 16.4. The van der Waals surface area contributed by atoms with Gasteiger partial charge in [0, 0.05) is 24.2 Å². The maximum atomic E-state index is 13.2. The fourth-order valence-electron chi connectivity index (χ4n) is 6.25. The summed E-state index contributed by atoms with van der Waals surface area (Å²) in [4.78, 5) is 25.8. The highest BCUT2D eigenvalue weighted by Gasteiger charge is 2.66. The molecule has 6 atom stereocenters. The van der Waals surface area contributed by atoms with Gasteiger partial charge in [0.2, 0.25) is 0 Å². The minimum atomic E-state index is -0.614. The number of ketones is 2. The molecule has 0 amide bonds. The van der Waals surface area contributed by atoms with Gasteiger partial charge in [-0.1, -0.05) is 20.8 Å². The van der Waals surface area contributed by atoms with E-state index >= 15 is 0 Å². The van der Waals surface area contributed by atoms with Gasteiger partial charge in [0.1, 0.15) is 17.5 Å². The minimum absolute atomic E-state index is 0.0762. The van der Waals surface area contributed by atoms with Gasteiger partial charge in [-0.05, 0) is 44.4 Å². The van der Waals surface area contributed by atoms with E-state index in [1.165, 1.54) is 0 Å². The van der Waals surface area contributed by atoms with Crippen molar-refractivity contribution in [2.24, 2.45) is 22.7 Å². The van der Waals surface area contributed by atoms with Crippen molar-refractivity contribution in [2.75, 3.05) is 0 Å². The fourth-order valence-corrected chi connectivity index (χ4v) is 6.25. The van der Waals surface area contributed by atoms with Crippen molar-refractivity contribution in [1.82, 2.24) is 0 Å². The van der Waals surface area contributed by atoms with Gasteiger partial charge in [-0.3, -0.25) is 9.59 Å². The van der Waals surface area contributed by atoms with Crippen LogP contribution in [0.2, 0.25) is 0 Å². The summed E-state index contributed by atoms with van der Waals surface area (Å²) in [7, 11) is 0. The lowest BCUT2D eigenvalue weighted by Crippen LogP contribution is -2.66. The molecule has 0 radical (unpaired) electrons. The second-order valence-electron chi connectivity index (χ2n) is 9.83. The molecule has 4 aliphatic rings. The normalized spacial score (nSPS) is 47.3. The van der Waals surface area contributed by atoms with Crippen LogP contribution in [0.25, 0.3) is 0 Å². The summed E-state index contributed by atoms with van der Waals surface area (Å²) in [5.74, 6) is 0.572. The molecule has 0 unspecified atom stereocenters. The van der Waals surface area contributed by atoms with Gasteiger partial charge in [0.15, 0.2) is 5.78 Å². The van der Waals surface area contributed by atoms with Crippen LogP contribution in [0.4, 0.5) is 0 Å².